The van der Waals surface area contributed by atoms with Gasteiger partial charge in [-0.2, -0.15) is 0 Å². The van der Waals surface area contributed by atoms with Crippen molar-refractivity contribution < 1.29 is 16.8 Å². The number of hydrogen-bond donors (Lipinski definition) is 1. The molecule has 1 aromatic rings. The highest BCUT2D eigenvalue weighted by atomic mass is 35.5. The summed E-state index contributed by atoms with van der Waals surface area (Å²) < 4.78 is 50.2. The van der Waals surface area contributed by atoms with Gasteiger partial charge in [0.15, 0.2) is 0 Å². The molecule has 1 fully saturated rings. The summed E-state index contributed by atoms with van der Waals surface area (Å²) in [6.45, 7) is 1.93. The number of hydrogen-bond acceptors (Lipinski definition) is 4. The fraction of sp³-hybridized carbons (Fsp3) is 0.455. The molecular weight excluding hydrogens is 324 g/mol. The molecule has 0 bridgehead atoms. The number of halogens is 1. The van der Waals surface area contributed by atoms with Crippen molar-refractivity contribution in [2.75, 3.05) is 27.1 Å². The zero-order valence-corrected chi connectivity index (χ0v) is 13.2. The van der Waals surface area contributed by atoms with Gasteiger partial charge in [-0.1, -0.05) is 11.6 Å². The number of sulfonamides is 2. The van der Waals surface area contributed by atoms with Gasteiger partial charge in [-0.15, -0.1) is 0 Å². The monoisotopic (exact) mass is 338 g/mol. The first-order valence-electron chi connectivity index (χ1n) is 6.05. The minimum atomic E-state index is -3.42. The van der Waals surface area contributed by atoms with Crippen molar-refractivity contribution in [3.63, 3.8) is 0 Å². The lowest BCUT2D eigenvalue weighted by Crippen LogP contribution is -2.25. The van der Waals surface area contributed by atoms with E-state index in [2.05, 4.69) is 4.72 Å². The van der Waals surface area contributed by atoms with Crippen molar-refractivity contribution in [2.24, 2.45) is 0 Å². The molecule has 1 heterocycles. The molecule has 0 aromatic heterocycles. The van der Waals surface area contributed by atoms with Crippen LogP contribution in [0.15, 0.2) is 18.2 Å². The van der Waals surface area contributed by atoms with E-state index >= 15 is 0 Å². The Morgan fingerprint density at radius 1 is 1.40 bits per heavy atom. The molecule has 0 unspecified atom stereocenters. The third kappa shape index (κ3) is 3.18. The SMILES string of the molecule is CCS(=O)(=O)Nc1ccc(N2CCCS2(=O)=O)cc1Cl. The molecule has 0 aliphatic carbocycles. The number of rotatable bonds is 4. The van der Waals surface area contributed by atoms with Crippen LogP contribution in [0.2, 0.25) is 5.02 Å². The van der Waals surface area contributed by atoms with Gasteiger partial charge in [0.1, 0.15) is 0 Å². The van der Waals surface area contributed by atoms with E-state index < -0.39 is 20.0 Å². The molecule has 9 heteroatoms. The van der Waals surface area contributed by atoms with E-state index in [1.54, 1.807) is 6.07 Å². The Hall–Kier alpha value is -0.990. The molecular formula is C11H15ClN2O4S2. The molecule has 1 aliphatic rings. The summed E-state index contributed by atoms with van der Waals surface area (Å²) in [6, 6.07) is 4.47. The van der Waals surface area contributed by atoms with Gasteiger partial charge in [-0.25, -0.2) is 16.8 Å². The standard InChI is InChI=1S/C11H15ClN2O4S2/c1-2-19(15,16)13-11-5-4-9(8-10(11)12)14-6-3-7-20(14,17)18/h4-5,8,13H,2-3,6-7H2,1H3. The average Bonchev–Trinajstić information content (AvgIpc) is 2.71. The third-order valence-electron chi connectivity index (χ3n) is 2.99. The van der Waals surface area contributed by atoms with E-state index in [1.807, 2.05) is 0 Å². The van der Waals surface area contributed by atoms with Gasteiger partial charge in [0, 0.05) is 6.54 Å². The van der Waals surface area contributed by atoms with Gasteiger partial charge < -0.3 is 0 Å². The summed E-state index contributed by atoms with van der Waals surface area (Å²) in [5.74, 6) is 0.0560. The highest BCUT2D eigenvalue weighted by molar-refractivity contribution is 7.93. The van der Waals surface area contributed by atoms with Crippen molar-refractivity contribution >= 4 is 43.0 Å². The molecule has 0 spiro atoms. The van der Waals surface area contributed by atoms with Gasteiger partial charge in [0.2, 0.25) is 20.0 Å². The second kappa shape index (κ2) is 5.42. The molecule has 1 aliphatic heterocycles. The Kier molecular flexibility index (Phi) is 4.17. The fourth-order valence-corrected chi connectivity index (χ4v) is 4.40. The molecule has 20 heavy (non-hydrogen) atoms. The van der Waals surface area contributed by atoms with Crippen LogP contribution in [0.3, 0.4) is 0 Å². The quantitative estimate of drug-likeness (QED) is 0.904. The van der Waals surface area contributed by atoms with Crippen molar-refractivity contribution in [3.8, 4) is 0 Å². The van der Waals surface area contributed by atoms with E-state index in [1.165, 1.54) is 23.4 Å². The van der Waals surface area contributed by atoms with E-state index in [-0.39, 0.29) is 22.2 Å². The van der Waals surface area contributed by atoms with Gasteiger partial charge in [0.25, 0.3) is 0 Å². The van der Waals surface area contributed by atoms with E-state index in [0.29, 0.717) is 18.7 Å². The largest absolute Gasteiger partial charge is 0.282 e. The number of anilines is 2. The van der Waals surface area contributed by atoms with Crippen LogP contribution in [0.25, 0.3) is 0 Å². The van der Waals surface area contributed by atoms with Gasteiger partial charge in [0.05, 0.1) is 27.9 Å². The molecule has 0 atom stereocenters. The lowest BCUT2D eigenvalue weighted by Gasteiger charge is -2.18. The Balaban J connectivity index is 2.31. The first kappa shape index (κ1) is 15.4. The van der Waals surface area contributed by atoms with Crippen molar-refractivity contribution in [1.29, 1.82) is 0 Å². The predicted octanol–water partition coefficient (Wildman–Crippen LogP) is 1.64. The molecule has 0 saturated carbocycles. The molecule has 0 radical (unpaired) electrons. The normalized spacial score (nSPS) is 18.2. The topological polar surface area (TPSA) is 83.6 Å². The summed E-state index contributed by atoms with van der Waals surface area (Å²) in [5.41, 5.74) is 0.695. The van der Waals surface area contributed by atoms with Gasteiger partial charge in [-0.3, -0.25) is 9.03 Å². The molecule has 6 nitrogen and oxygen atoms in total. The molecule has 112 valence electrons. The van der Waals surface area contributed by atoms with Crippen molar-refractivity contribution in [3.05, 3.63) is 23.2 Å². The molecule has 2 rings (SSSR count). The van der Waals surface area contributed by atoms with E-state index in [4.69, 9.17) is 11.6 Å². The summed E-state index contributed by atoms with van der Waals surface area (Å²) in [4.78, 5) is 0. The summed E-state index contributed by atoms with van der Waals surface area (Å²) in [6.07, 6.45) is 0.574. The van der Waals surface area contributed by atoms with Crippen molar-refractivity contribution in [2.45, 2.75) is 13.3 Å². The van der Waals surface area contributed by atoms with Crippen LogP contribution >= 0.6 is 11.6 Å². The van der Waals surface area contributed by atoms with Crippen LogP contribution in [0.4, 0.5) is 11.4 Å². The molecule has 1 N–H and O–H groups in total. The lowest BCUT2D eigenvalue weighted by atomic mass is 10.3. The first-order chi connectivity index (χ1) is 9.25. The summed E-state index contributed by atoms with van der Waals surface area (Å²) in [7, 11) is -6.69. The van der Waals surface area contributed by atoms with Gasteiger partial charge >= 0.3 is 0 Å². The smallest absolute Gasteiger partial charge is 0.235 e. The number of benzene rings is 1. The molecule has 1 saturated heterocycles. The zero-order valence-electron chi connectivity index (χ0n) is 10.8. The Morgan fingerprint density at radius 3 is 2.60 bits per heavy atom. The van der Waals surface area contributed by atoms with Crippen LogP contribution in [0.5, 0.6) is 0 Å². The predicted molar refractivity (Wildman–Crippen MR) is 80.3 cm³/mol. The van der Waals surface area contributed by atoms with Crippen LogP contribution < -0.4 is 9.03 Å². The minimum Gasteiger partial charge on any atom is -0.282 e. The Morgan fingerprint density at radius 2 is 2.10 bits per heavy atom. The summed E-state index contributed by atoms with van der Waals surface area (Å²) >= 11 is 6.02. The van der Waals surface area contributed by atoms with E-state index in [0.717, 1.165) is 0 Å². The Labute approximate surface area is 123 Å². The number of nitrogens with zero attached hydrogens (tertiary/aromatic N) is 1. The van der Waals surface area contributed by atoms with Crippen molar-refractivity contribution in [1.82, 2.24) is 0 Å². The fourth-order valence-electron chi connectivity index (χ4n) is 1.91. The first-order valence-corrected chi connectivity index (χ1v) is 9.69. The zero-order chi connectivity index (χ0) is 15.0. The van der Waals surface area contributed by atoms with Crippen LogP contribution in [-0.2, 0) is 20.0 Å². The minimum absolute atomic E-state index is 0.0639. The highest BCUT2D eigenvalue weighted by Gasteiger charge is 2.28. The summed E-state index contributed by atoms with van der Waals surface area (Å²) in [5, 5.41) is 0.168. The third-order valence-corrected chi connectivity index (χ3v) is 6.46. The van der Waals surface area contributed by atoms with E-state index in [9.17, 15) is 16.8 Å². The average molecular weight is 339 g/mol. The lowest BCUT2D eigenvalue weighted by molar-refractivity contribution is 0.598. The van der Waals surface area contributed by atoms with Crippen LogP contribution in [0.1, 0.15) is 13.3 Å². The van der Waals surface area contributed by atoms with Crippen LogP contribution in [0, 0.1) is 0 Å². The maximum absolute atomic E-state index is 11.8. The Bertz CT molecular complexity index is 716. The van der Waals surface area contributed by atoms with Crippen LogP contribution in [-0.4, -0.2) is 34.9 Å². The number of nitrogens with one attached hydrogen (secondary N) is 1. The maximum atomic E-state index is 11.8. The second-order valence-corrected chi connectivity index (χ2v) is 8.84. The second-order valence-electron chi connectivity index (χ2n) is 4.41. The molecule has 0 amide bonds. The maximum Gasteiger partial charge on any atom is 0.235 e. The van der Waals surface area contributed by atoms with Gasteiger partial charge in [-0.05, 0) is 31.5 Å². The molecule has 1 aromatic carbocycles. The highest BCUT2D eigenvalue weighted by Crippen LogP contribution is 2.31.